The van der Waals surface area contributed by atoms with Crippen LogP contribution in [0.5, 0.6) is 0 Å². The summed E-state index contributed by atoms with van der Waals surface area (Å²) in [6.45, 7) is 1.86. The Morgan fingerprint density at radius 2 is 2.35 bits per heavy atom. The van der Waals surface area contributed by atoms with Crippen LogP contribution in [0.15, 0.2) is 18.2 Å². The number of hydrogen-bond donors (Lipinski definition) is 1. The van der Waals surface area contributed by atoms with Crippen LogP contribution in [0, 0.1) is 11.3 Å². The molecular weight excluding hydrogens is 212 g/mol. The number of nitrogens with one attached hydrogen (secondary N) is 1. The molecule has 0 aliphatic carbocycles. The van der Waals surface area contributed by atoms with E-state index < -0.39 is 0 Å². The van der Waals surface area contributed by atoms with Gasteiger partial charge >= 0.3 is 0 Å². The predicted molar refractivity (Wildman–Crippen MR) is 64.6 cm³/mol. The lowest BCUT2D eigenvalue weighted by atomic mass is 9.91. The summed E-state index contributed by atoms with van der Waals surface area (Å²) in [6, 6.07) is 8.63. The Balaban J connectivity index is 1.94. The Bertz CT molecular complexity index is 458. The van der Waals surface area contributed by atoms with Crippen LogP contribution < -0.4 is 5.32 Å². The lowest BCUT2D eigenvalue weighted by Crippen LogP contribution is -2.33. The molecule has 3 rings (SSSR count). The minimum Gasteiger partial charge on any atom is -0.372 e. The highest BCUT2D eigenvalue weighted by Crippen LogP contribution is 2.33. The highest BCUT2D eigenvalue weighted by Gasteiger charge is 2.30. The summed E-state index contributed by atoms with van der Waals surface area (Å²) in [4.78, 5) is 0. The van der Waals surface area contributed by atoms with Crippen molar-refractivity contribution in [2.75, 3.05) is 13.2 Å². The highest BCUT2D eigenvalue weighted by molar-refractivity contribution is 5.40. The van der Waals surface area contributed by atoms with E-state index in [2.05, 4.69) is 17.5 Å². The van der Waals surface area contributed by atoms with Crippen LogP contribution in [0.25, 0.3) is 0 Å². The van der Waals surface area contributed by atoms with Crippen molar-refractivity contribution in [3.05, 3.63) is 34.9 Å². The van der Waals surface area contributed by atoms with E-state index in [-0.39, 0.29) is 6.10 Å². The zero-order valence-electron chi connectivity index (χ0n) is 9.78. The van der Waals surface area contributed by atoms with Crippen molar-refractivity contribution in [2.45, 2.75) is 31.4 Å². The molecule has 2 atom stereocenters. The lowest BCUT2D eigenvalue weighted by molar-refractivity contribution is 0.0199. The molecule has 3 nitrogen and oxygen atoms in total. The Kier molecular flexibility index (Phi) is 2.84. The van der Waals surface area contributed by atoms with Crippen LogP contribution in [0.4, 0.5) is 0 Å². The number of benzene rings is 1. The molecule has 0 saturated carbocycles. The molecule has 2 aliphatic rings. The average Bonchev–Trinajstić information content (AvgIpc) is 2.91. The fraction of sp³-hybridized carbons (Fsp3) is 0.500. The highest BCUT2D eigenvalue weighted by atomic mass is 16.5. The summed E-state index contributed by atoms with van der Waals surface area (Å²) in [5.74, 6) is 0. The normalized spacial score (nSPS) is 27.5. The Morgan fingerprint density at radius 3 is 3.12 bits per heavy atom. The maximum absolute atomic E-state index is 8.92. The summed E-state index contributed by atoms with van der Waals surface area (Å²) < 4.78 is 5.92. The Hall–Kier alpha value is -1.37. The van der Waals surface area contributed by atoms with Gasteiger partial charge in [-0.05, 0) is 49.1 Å². The van der Waals surface area contributed by atoms with Crippen molar-refractivity contribution in [1.29, 1.82) is 5.26 Å². The van der Waals surface area contributed by atoms with Gasteiger partial charge in [0, 0.05) is 6.04 Å². The van der Waals surface area contributed by atoms with E-state index in [0.717, 1.165) is 25.1 Å². The van der Waals surface area contributed by atoms with Crippen LogP contribution in [-0.4, -0.2) is 19.2 Å². The largest absolute Gasteiger partial charge is 0.372 e. The summed E-state index contributed by atoms with van der Waals surface area (Å²) in [5.41, 5.74) is 3.31. The molecule has 1 aromatic rings. The minimum absolute atomic E-state index is 0.175. The van der Waals surface area contributed by atoms with Crippen molar-refractivity contribution < 1.29 is 4.74 Å². The van der Waals surface area contributed by atoms with Crippen LogP contribution in [0.1, 0.15) is 35.6 Å². The van der Waals surface area contributed by atoms with Gasteiger partial charge in [0.15, 0.2) is 0 Å². The van der Waals surface area contributed by atoms with E-state index in [4.69, 9.17) is 10.00 Å². The Morgan fingerprint density at radius 1 is 1.41 bits per heavy atom. The van der Waals surface area contributed by atoms with Crippen LogP contribution >= 0.6 is 0 Å². The van der Waals surface area contributed by atoms with Crippen molar-refractivity contribution in [2.24, 2.45) is 0 Å². The van der Waals surface area contributed by atoms with Gasteiger partial charge in [0.25, 0.3) is 0 Å². The molecule has 17 heavy (non-hydrogen) atoms. The van der Waals surface area contributed by atoms with E-state index >= 15 is 0 Å². The van der Waals surface area contributed by atoms with Crippen LogP contribution in [0.3, 0.4) is 0 Å². The second-order valence-corrected chi connectivity index (χ2v) is 4.77. The summed E-state index contributed by atoms with van der Waals surface area (Å²) >= 11 is 0. The molecular formula is C14H16N2O. The topological polar surface area (TPSA) is 45.0 Å². The molecule has 3 heteroatoms. The third kappa shape index (κ3) is 1.95. The first-order valence-corrected chi connectivity index (χ1v) is 6.26. The maximum Gasteiger partial charge on any atom is 0.0991 e. The van der Waals surface area contributed by atoms with E-state index in [1.54, 1.807) is 0 Å². The number of nitrogens with zero attached hydrogens (tertiary/aromatic N) is 1. The zero-order valence-corrected chi connectivity index (χ0v) is 9.78. The quantitative estimate of drug-likeness (QED) is 0.798. The van der Waals surface area contributed by atoms with Gasteiger partial charge < -0.3 is 10.1 Å². The number of nitriles is 1. The zero-order chi connectivity index (χ0) is 11.7. The molecule has 1 aromatic carbocycles. The maximum atomic E-state index is 8.92. The second-order valence-electron chi connectivity index (χ2n) is 4.77. The summed E-state index contributed by atoms with van der Waals surface area (Å²) in [7, 11) is 0. The van der Waals surface area contributed by atoms with E-state index in [0.29, 0.717) is 6.04 Å². The molecule has 0 spiro atoms. The molecule has 0 bridgehead atoms. The van der Waals surface area contributed by atoms with Gasteiger partial charge in [-0.2, -0.15) is 5.26 Å². The van der Waals surface area contributed by atoms with Gasteiger partial charge in [-0.1, -0.05) is 6.07 Å². The SMILES string of the molecule is N#Cc1ccc2c(c1)CCO[C@H]2[C@H]1CCCN1. The molecule has 1 saturated heterocycles. The standard InChI is InChI=1S/C14H16N2O/c15-9-10-3-4-12-11(8-10)5-7-17-14(12)13-2-1-6-16-13/h3-4,8,13-14,16H,1-2,5-7H2/t13-,14-/m1/s1. The van der Waals surface area contributed by atoms with Gasteiger partial charge in [0.2, 0.25) is 0 Å². The fourth-order valence-corrected chi connectivity index (χ4v) is 2.86. The molecule has 0 aromatic heterocycles. The summed E-state index contributed by atoms with van der Waals surface area (Å²) in [6.07, 6.45) is 3.52. The van der Waals surface area contributed by atoms with Crippen LogP contribution in [0.2, 0.25) is 0 Å². The minimum atomic E-state index is 0.175. The molecule has 2 heterocycles. The third-order valence-corrected chi connectivity index (χ3v) is 3.71. The van der Waals surface area contributed by atoms with E-state index in [1.165, 1.54) is 24.0 Å². The molecule has 0 unspecified atom stereocenters. The average molecular weight is 228 g/mol. The predicted octanol–water partition coefficient (Wildman–Crippen LogP) is 1.92. The summed E-state index contributed by atoms with van der Waals surface area (Å²) in [5, 5.41) is 12.4. The van der Waals surface area contributed by atoms with Gasteiger partial charge in [-0.25, -0.2) is 0 Å². The van der Waals surface area contributed by atoms with E-state index in [9.17, 15) is 0 Å². The van der Waals surface area contributed by atoms with Crippen molar-refractivity contribution in [3.8, 4) is 6.07 Å². The fourth-order valence-electron chi connectivity index (χ4n) is 2.86. The second kappa shape index (κ2) is 4.48. The number of hydrogen-bond acceptors (Lipinski definition) is 3. The Labute approximate surface area is 101 Å². The molecule has 0 amide bonds. The monoisotopic (exact) mass is 228 g/mol. The van der Waals surface area contributed by atoms with E-state index in [1.807, 2.05) is 12.1 Å². The molecule has 2 aliphatic heterocycles. The number of fused-ring (bicyclic) bond motifs is 1. The number of ether oxygens (including phenoxy) is 1. The first-order valence-electron chi connectivity index (χ1n) is 6.26. The third-order valence-electron chi connectivity index (χ3n) is 3.71. The molecule has 1 N–H and O–H groups in total. The van der Waals surface area contributed by atoms with Gasteiger partial charge in [-0.15, -0.1) is 0 Å². The smallest absolute Gasteiger partial charge is 0.0991 e. The van der Waals surface area contributed by atoms with Gasteiger partial charge in [0.05, 0.1) is 24.3 Å². The van der Waals surface area contributed by atoms with Crippen molar-refractivity contribution in [3.63, 3.8) is 0 Å². The molecule has 0 radical (unpaired) electrons. The lowest BCUT2D eigenvalue weighted by Gasteiger charge is -2.30. The van der Waals surface area contributed by atoms with Crippen LogP contribution in [-0.2, 0) is 11.2 Å². The molecule has 88 valence electrons. The first-order chi connectivity index (χ1) is 8.38. The van der Waals surface area contributed by atoms with Crippen molar-refractivity contribution in [1.82, 2.24) is 5.32 Å². The molecule has 1 fully saturated rings. The van der Waals surface area contributed by atoms with Gasteiger partial charge in [-0.3, -0.25) is 0 Å². The first kappa shape index (κ1) is 10.8. The van der Waals surface area contributed by atoms with Crippen molar-refractivity contribution >= 4 is 0 Å². The van der Waals surface area contributed by atoms with Gasteiger partial charge in [0.1, 0.15) is 0 Å². The number of rotatable bonds is 1.